The average Bonchev–Trinajstić information content (AvgIpc) is 2.84. The monoisotopic (exact) mass is 259 g/mol. The van der Waals surface area contributed by atoms with Crippen molar-refractivity contribution in [3.05, 3.63) is 23.9 Å². The topological polar surface area (TPSA) is 48.4 Å². The Bertz CT molecular complexity index is 465. The molecule has 98 valence electrons. The van der Waals surface area contributed by atoms with Gasteiger partial charge in [-0.15, -0.1) is 0 Å². The zero-order valence-corrected chi connectivity index (χ0v) is 9.35. The molecule has 3 atom stereocenters. The third-order valence-electron chi connectivity index (χ3n) is 3.56. The molecule has 2 aliphatic rings. The van der Waals surface area contributed by atoms with E-state index in [2.05, 4.69) is 10.3 Å². The van der Waals surface area contributed by atoms with Gasteiger partial charge in [-0.3, -0.25) is 0 Å². The molecule has 2 unspecified atom stereocenters. The van der Waals surface area contributed by atoms with Crippen LogP contribution >= 0.6 is 0 Å². The van der Waals surface area contributed by atoms with E-state index in [1.165, 1.54) is 0 Å². The lowest BCUT2D eigenvalue weighted by Gasteiger charge is -2.28. The van der Waals surface area contributed by atoms with Crippen LogP contribution in [0.5, 0.6) is 0 Å². The zero-order chi connectivity index (χ0) is 12.9. The lowest BCUT2D eigenvalue weighted by atomic mass is 10.2. The van der Waals surface area contributed by atoms with E-state index in [-0.39, 0.29) is 17.9 Å². The quantitative estimate of drug-likeness (QED) is 0.776. The molecule has 18 heavy (non-hydrogen) atoms. The van der Waals surface area contributed by atoms with Crippen molar-refractivity contribution in [3.8, 4) is 0 Å². The Morgan fingerprint density at radius 3 is 2.78 bits per heavy atom. The number of nitrogens with one attached hydrogen (secondary N) is 1. The summed E-state index contributed by atoms with van der Waals surface area (Å²) < 4.78 is 37.8. The number of hydrogen-bond donors (Lipinski definition) is 2. The summed E-state index contributed by atoms with van der Waals surface area (Å²) in [5.41, 5.74) is -0.710. The fourth-order valence-electron chi connectivity index (χ4n) is 2.61. The normalized spacial score (nSPS) is 31.1. The molecule has 7 heteroatoms. The molecule has 0 saturated carbocycles. The zero-order valence-electron chi connectivity index (χ0n) is 9.35. The van der Waals surface area contributed by atoms with Gasteiger partial charge < -0.3 is 15.3 Å². The minimum Gasteiger partial charge on any atom is -0.389 e. The summed E-state index contributed by atoms with van der Waals surface area (Å²) in [6.45, 7) is 1.06. The fraction of sp³-hybridized carbons (Fsp3) is 0.545. The Labute approximate surface area is 101 Å². The molecule has 1 aromatic heterocycles. The van der Waals surface area contributed by atoms with Crippen molar-refractivity contribution in [2.24, 2.45) is 0 Å². The first-order valence-corrected chi connectivity index (χ1v) is 5.68. The standard InChI is InChI=1S/C11H12F3N3O/c12-11(13,14)6-1-2-15-9(3-6)17-5-7-10(18)8(17)4-16-7/h1-3,7-8,10,16,18H,4-5H2/t7-,8?,10?/m1/s1. The second kappa shape index (κ2) is 3.83. The number of aromatic nitrogens is 1. The van der Waals surface area contributed by atoms with Gasteiger partial charge in [0.2, 0.25) is 0 Å². The van der Waals surface area contributed by atoms with Crippen LogP contribution in [0.2, 0.25) is 0 Å². The summed E-state index contributed by atoms with van der Waals surface area (Å²) in [5, 5.41) is 12.9. The summed E-state index contributed by atoms with van der Waals surface area (Å²) in [6.07, 6.45) is -3.75. The van der Waals surface area contributed by atoms with E-state index >= 15 is 0 Å². The van der Waals surface area contributed by atoms with Crippen LogP contribution in [-0.2, 0) is 6.18 Å². The molecule has 4 nitrogen and oxygen atoms in total. The van der Waals surface area contributed by atoms with Gasteiger partial charge in [-0.2, -0.15) is 13.2 Å². The highest BCUT2D eigenvalue weighted by Crippen LogP contribution is 2.33. The van der Waals surface area contributed by atoms with Crippen molar-refractivity contribution in [1.29, 1.82) is 0 Å². The van der Waals surface area contributed by atoms with Crippen LogP contribution in [0.1, 0.15) is 5.56 Å². The molecule has 2 saturated heterocycles. The maximum atomic E-state index is 12.6. The number of alkyl halides is 3. The first kappa shape index (κ1) is 11.7. The van der Waals surface area contributed by atoms with Crippen LogP contribution in [0.15, 0.2) is 18.3 Å². The number of piperazine rings is 1. The molecule has 3 rings (SSSR count). The van der Waals surface area contributed by atoms with E-state index in [4.69, 9.17) is 0 Å². The maximum Gasteiger partial charge on any atom is 0.416 e. The maximum absolute atomic E-state index is 12.6. The Morgan fingerprint density at radius 1 is 1.44 bits per heavy atom. The summed E-state index contributed by atoms with van der Waals surface area (Å²) in [6, 6.07) is 1.72. The van der Waals surface area contributed by atoms with Crippen molar-refractivity contribution < 1.29 is 18.3 Å². The van der Waals surface area contributed by atoms with Crippen molar-refractivity contribution in [1.82, 2.24) is 10.3 Å². The van der Waals surface area contributed by atoms with Crippen molar-refractivity contribution in [2.45, 2.75) is 24.4 Å². The highest BCUT2D eigenvalue weighted by Gasteiger charge is 2.46. The van der Waals surface area contributed by atoms with Gasteiger partial charge in [0.15, 0.2) is 0 Å². The lowest BCUT2D eigenvalue weighted by Crippen LogP contribution is -2.44. The molecule has 0 amide bonds. The summed E-state index contributed by atoms with van der Waals surface area (Å²) in [7, 11) is 0. The Balaban J connectivity index is 1.90. The van der Waals surface area contributed by atoms with Gasteiger partial charge in [0.25, 0.3) is 0 Å². The second-order valence-corrected chi connectivity index (χ2v) is 4.63. The molecule has 0 spiro atoms. The van der Waals surface area contributed by atoms with Gasteiger partial charge in [-0.25, -0.2) is 4.98 Å². The molecule has 2 N–H and O–H groups in total. The summed E-state index contributed by atoms with van der Waals surface area (Å²) >= 11 is 0. The largest absolute Gasteiger partial charge is 0.416 e. The Hall–Kier alpha value is -1.34. The number of rotatable bonds is 1. The third-order valence-corrected chi connectivity index (χ3v) is 3.56. The van der Waals surface area contributed by atoms with Crippen molar-refractivity contribution in [3.63, 3.8) is 0 Å². The molecule has 0 radical (unpaired) electrons. The first-order valence-electron chi connectivity index (χ1n) is 5.68. The Morgan fingerprint density at radius 2 is 2.22 bits per heavy atom. The predicted octanol–water partition coefficient (Wildman–Crippen LogP) is 0.622. The molecule has 0 aliphatic carbocycles. The highest BCUT2D eigenvalue weighted by molar-refractivity contribution is 5.47. The van der Waals surface area contributed by atoms with Crippen LogP contribution in [-0.4, -0.2) is 41.4 Å². The molecule has 0 aromatic carbocycles. The number of nitrogens with zero attached hydrogens (tertiary/aromatic N) is 2. The molecule has 2 aliphatic heterocycles. The minimum absolute atomic E-state index is 0.0775. The number of fused-ring (bicyclic) bond motifs is 2. The van der Waals surface area contributed by atoms with Crippen LogP contribution in [0.3, 0.4) is 0 Å². The number of aliphatic hydroxyl groups excluding tert-OH is 1. The average molecular weight is 259 g/mol. The van der Waals surface area contributed by atoms with E-state index in [1.54, 1.807) is 4.90 Å². The van der Waals surface area contributed by atoms with Gasteiger partial charge >= 0.3 is 6.18 Å². The third kappa shape index (κ3) is 1.74. The van der Waals surface area contributed by atoms with E-state index in [9.17, 15) is 18.3 Å². The molecule has 1 aromatic rings. The van der Waals surface area contributed by atoms with Gasteiger partial charge in [-0.1, -0.05) is 0 Å². The van der Waals surface area contributed by atoms with Crippen LogP contribution in [0, 0.1) is 0 Å². The number of anilines is 1. The van der Waals surface area contributed by atoms with E-state index in [0.29, 0.717) is 13.1 Å². The van der Waals surface area contributed by atoms with Gasteiger partial charge in [0.05, 0.1) is 23.8 Å². The Kier molecular flexibility index (Phi) is 2.49. The minimum atomic E-state index is -4.37. The van der Waals surface area contributed by atoms with E-state index in [0.717, 1.165) is 18.3 Å². The predicted molar refractivity (Wildman–Crippen MR) is 58.2 cm³/mol. The number of aliphatic hydroxyl groups is 1. The van der Waals surface area contributed by atoms with E-state index in [1.807, 2.05) is 0 Å². The number of halogens is 3. The second-order valence-electron chi connectivity index (χ2n) is 4.63. The molecular weight excluding hydrogens is 247 g/mol. The summed E-state index contributed by atoms with van der Waals surface area (Å²) in [4.78, 5) is 5.71. The van der Waals surface area contributed by atoms with Gasteiger partial charge in [0, 0.05) is 19.3 Å². The molecule has 2 bridgehead atoms. The highest BCUT2D eigenvalue weighted by atomic mass is 19.4. The number of pyridine rings is 1. The first-order chi connectivity index (χ1) is 8.47. The van der Waals surface area contributed by atoms with Crippen LogP contribution in [0.4, 0.5) is 19.0 Å². The van der Waals surface area contributed by atoms with Crippen molar-refractivity contribution in [2.75, 3.05) is 18.0 Å². The molecule has 2 fully saturated rings. The summed E-state index contributed by atoms with van der Waals surface area (Å²) in [5.74, 6) is 0.276. The molecule has 3 heterocycles. The smallest absolute Gasteiger partial charge is 0.389 e. The molecular formula is C11H12F3N3O. The van der Waals surface area contributed by atoms with Crippen molar-refractivity contribution >= 4 is 5.82 Å². The fourth-order valence-corrected chi connectivity index (χ4v) is 2.61. The lowest BCUT2D eigenvalue weighted by molar-refractivity contribution is -0.137. The SMILES string of the molecule is OC1C2CN[C@@H]1CN2c1cc(C(F)(F)F)ccn1. The van der Waals surface area contributed by atoms with Crippen LogP contribution in [0.25, 0.3) is 0 Å². The number of hydrogen-bond acceptors (Lipinski definition) is 4. The van der Waals surface area contributed by atoms with Gasteiger partial charge in [-0.05, 0) is 12.1 Å². The van der Waals surface area contributed by atoms with E-state index < -0.39 is 17.8 Å². The van der Waals surface area contributed by atoms with Gasteiger partial charge in [0.1, 0.15) is 5.82 Å². The van der Waals surface area contributed by atoms with Crippen LogP contribution < -0.4 is 10.2 Å².